The number of nitrogens with one attached hydrogen (secondary N) is 1. The van der Waals surface area contributed by atoms with Crippen molar-refractivity contribution in [3.8, 4) is 21.8 Å². The van der Waals surface area contributed by atoms with Gasteiger partial charge >= 0.3 is 0 Å². The van der Waals surface area contributed by atoms with Gasteiger partial charge < -0.3 is 15.1 Å². The minimum Gasteiger partial charge on any atom is -0.372 e. The summed E-state index contributed by atoms with van der Waals surface area (Å²) in [7, 11) is 4.32. The third kappa shape index (κ3) is 5.21. The van der Waals surface area contributed by atoms with Crippen LogP contribution in [0.2, 0.25) is 0 Å². The zero-order chi connectivity index (χ0) is 26.8. The number of piperidine rings is 1. The van der Waals surface area contributed by atoms with Gasteiger partial charge in [-0.1, -0.05) is 24.0 Å². The Morgan fingerprint density at radius 3 is 2.68 bits per heavy atom. The van der Waals surface area contributed by atoms with Crippen molar-refractivity contribution in [2.24, 2.45) is 0 Å². The lowest BCUT2D eigenvalue weighted by Crippen LogP contribution is -2.41. The number of aromatic nitrogens is 4. The molecule has 1 amide bonds. The number of likely N-dealkylation sites (tertiary alicyclic amines) is 1. The molecule has 1 saturated heterocycles. The van der Waals surface area contributed by atoms with Crippen molar-refractivity contribution in [2.75, 3.05) is 32.5 Å². The van der Waals surface area contributed by atoms with Gasteiger partial charge in [0.2, 0.25) is 5.91 Å². The molecule has 198 valence electrons. The van der Waals surface area contributed by atoms with E-state index in [0.29, 0.717) is 11.2 Å². The van der Waals surface area contributed by atoms with Gasteiger partial charge in [-0.25, -0.2) is 9.67 Å². The number of rotatable bonds is 7. The fourth-order valence-electron chi connectivity index (χ4n) is 5.24. The number of allylic oxidation sites excluding steroid dienone is 4. The van der Waals surface area contributed by atoms with Crippen LogP contribution in [-0.4, -0.2) is 68.7 Å². The highest BCUT2D eigenvalue weighted by Gasteiger charge is 2.30. The van der Waals surface area contributed by atoms with E-state index in [2.05, 4.69) is 65.1 Å². The number of aryl methyl sites for hydroxylation is 1. The van der Waals surface area contributed by atoms with E-state index in [-0.39, 0.29) is 5.91 Å². The van der Waals surface area contributed by atoms with Crippen molar-refractivity contribution in [3.05, 3.63) is 66.3 Å². The van der Waals surface area contributed by atoms with Gasteiger partial charge in [-0.05, 0) is 71.0 Å². The molecule has 0 radical (unpaired) electrons. The Hall–Kier alpha value is -3.56. The predicted octanol–water partition coefficient (Wildman–Crippen LogP) is 5.08. The molecule has 1 N–H and O–H groups in total. The Morgan fingerprint density at radius 2 is 2.03 bits per heavy atom. The number of pyridine rings is 1. The van der Waals surface area contributed by atoms with Gasteiger partial charge in [0.1, 0.15) is 0 Å². The molecule has 5 rings (SSSR count). The maximum atomic E-state index is 11.7. The lowest BCUT2D eigenvalue weighted by Gasteiger charge is -2.36. The molecule has 0 saturated carbocycles. The minimum absolute atomic E-state index is 0.119. The molecule has 0 aromatic carbocycles. The fraction of sp³-hybridized carbons (Fsp3) is 0.379. The van der Waals surface area contributed by atoms with E-state index in [1.165, 1.54) is 23.8 Å². The largest absolute Gasteiger partial charge is 0.372 e. The number of thiazole rings is 1. The summed E-state index contributed by atoms with van der Waals surface area (Å²) in [6.07, 6.45) is 13.8. The van der Waals surface area contributed by atoms with Crippen LogP contribution in [0.5, 0.6) is 0 Å². The zero-order valence-corrected chi connectivity index (χ0v) is 23.4. The standard InChI is InChI=1S/C29H35N7OS/c1-6-22(10-9-19(2)35-16-13-23(14-17-35)34(4)5)36-27-24(26(33-36)21-8-7-15-30-18-21)11-12-25-28(27)38-29(32-25)31-20(3)37/h6-10,15,18,23H,2,11-14,16-17H2,1,3-5H3,(H,31,32,37)/b10-9-,22-6+. The number of nitrogens with zero attached hydrogens (tertiary/aromatic N) is 6. The third-order valence-corrected chi connectivity index (χ3v) is 8.33. The normalized spacial score (nSPS) is 16.1. The average Bonchev–Trinajstić information content (AvgIpc) is 3.50. The summed E-state index contributed by atoms with van der Waals surface area (Å²) >= 11 is 1.51. The van der Waals surface area contributed by atoms with Crippen LogP contribution in [0.25, 0.3) is 27.5 Å². The van der Waals surface area contributed by atoms with Crippen LogP contribution in [0.1, 0.15) is 37.9 Å². The molecule has 9 heteroatoms. The Bertz CT molecular complexity index is 1390. The molecular formula is C29H35N7OS. The number of carbonyl (C=O) groups is 1. The lowest BCUT2D eigenvalue weighted by atomic mass is 9.95. The van der Waals surface area contributed by atoms with Crippen molar-refractivity contribution in [1.82, 2.24) is 29.5 Å². The molecule has 0 atom stereocenters. The van der Waals surface area contributed by atoms with Crippen LogP contribution in [0, 0.1) is 0 Å². The van der Waals surface area contributed by atoms with Gasteiger partial charge in [0.15, 0.2) is 5.13 Å². The number of hydrogen-bond donors (Lipinski definition) is 1. The van der Waals surface area contributed by atoms with Gasteiger partial charge in [-0.3, -0.25) is 9.78 Å². The van der Waals surface area contributed by atoms with Crippen molar-refractivity contribution < 1.29 is 4.79 Å². The predicted molar refractivity (Wildman–Crippen MR) is 155 cm³/mol. The van der Waals surface area contributed by atoms with Gasteiger partial charge in [-0.15, -0.1) is 0 Å². The van der Waals surface area contributed by atoms with E-state index in [4.69, 9.17) is 10.1 Å². The van der Waals surface area contributed by atoms with Crippen LogP contribution in [0.4, 0.5) is 5.13 Å². The molecule has 38 heavy (non-hydrogen) atoms. The van der Waals surface area contributed by atoms with E-state index < -0.39 is 0 Å². The van der Waals surface area contributed by atoms with Crippen LogP contribution in [-0.2, 0) is 17.6 Å². The first-order chi connectivity index (χ1) is 18.4. The van der Waals surface area contributed by atoms with Crippen LogP contribution >= 0.6 is 11.3 Å². The molecule has 4 heterocycles. The average molecular weight is 530 g/mol. The summed E-state index contributed by atoms with van der Waals surface area (Å²) in [6, 6.07) is 4.62. The van der Waals surface area contributed by atoms with E-state index in [0.717, 1.165) is 77.7 Å². The molecule has 3 aromatic heterocycles. The molecule has 1 aliphatic heterocycles. The second-order valence-electron chi connectivity index (χ2n) is 10.0. The van der Waals surface area contributed by atoms with Gasteiger partial charge in [0.05, 0.1) is 27.7 Å². The van der Waals surface area contributed by atoms with E-state index in [1.807, 2.05) is 23.9 Å². The molecular weight excluding hydrogens is 494 g/mol. The van der Waals surface area contributed by atoms with Gasteiger partial charge in [0, 0.05) is 55.3 Å². The highest BCUT2D eigenvalue weighted by Crippen LogP contribution is 2.44. The van der Waals surface area contributed by atoms with Crippen molar-refractivity contribution in [2.45, 2.75) is 45.6 Å². The van der Waals surface area contributed by atoms with Crippen LogP contribution in [0.15, 0.2) is 55.0 Å². The number of fused-ring (bicyclic) bond motifs is 3. The summed E-state index contributed by atoms with van der Waals surface area (Å²) in [5, 5.41) is 8.61. The molecule has 1 aliphatic carbocycles. The first-order valence-electron chi connectivity index (χ1n) is 13.1. The molecule has 8 nitrogen and oxygen atoms in total. The highest BCUT2D eigenvalue weighted by atomic mass is 32.1. The summed E-state index contributed by atoms with van der Waals surface area (Å²) in [5.74, 6) is -0.119. The molecule has 0 bridgehead atoms. The maximum Gasteiger partial charge on any atom is 0.223 e. The summed E-state index contributed by atoms with van der Waals surface area (Å²) in [5.41, 5.74) is 7.12. The number of carbonyl (C=O) groups excluding carboxylic acids is 1. The topological polar surface area (TPSA) is 79.2 Å². The molecule has 0 spiro atoms. The highest BCUT2D eigenvalue weighted by molar-refractivity contribution is 7.19. The molecule has 1 fully saturated rings. The van der Waals surface area contributed by atoms with Crippen LogP contribution < -0.4 is 5.32 Å². The zero-order valence-electron chi connectivity index (χ0n) is 22.6. The first kappa shape index (κ1) is 26.1. The smallest absolute Gasteiger partial charge is 0.223 e. The van der Waals surface area contributed by atoms with Crippen molar-refractivity contribution >= 4 is 28.1 Å². The minimum atomic E-state index is -0.119. The monoisotopic (exact) mass is 529 g/mol. The van der Waals surface area contributed by atoms with Crippen molar-refractivity contribution in [1.29, 1.82) is 0 Å². The molecule has 3 aromatic rings. The maximum absolute atomic E-state index is 11.7. The quantitative estimate of drug-likeness (QED) is 0.430. The van der Waals surface area contributed by atoms with E-state index >= 15 is 0 Å². The molecule has 2 aliphatic rings. The number of amides is 1. The summed E-state index contributed by atoms with van der Waals surface area (Å²) < 4.78 is 2.02. The van der Waals surface area contributed by atoms with Gasteiger partial charge in [0.25, 0.3) is 0 Å². The van der Waals surface area contributed by atoms with E-state index in [9.17, 15) is 4.79 Å². The Morgan fingerprint density at radius 1 is 1.24 bits per heavy atom. The number of anilines is 1. The lowest BCUT2D eigenvalue weighted by molar-refractivity contribution is -0.114. The fourth-order valence-corrected chi connectivity index (χ4v) is 6.36. The molecule has 0 unspecified atom stereocenters. The summed E-state index contributed by atoms with van der Waals surface area (Å²) in [6.45, 7) is 9.93. The Balaban J connectivity index is 1.50. The second kappa shape index (κ2) is 11.0. The van der Waals surface area contributed by atoms with Crippen molar-refractivity contribution in [3.63, 3.8) is 0 Å². The first-order valence-corrected chi connectivity index (χ1v) is 13.9. The second-order valence-corrected chi connectivity index (χ2v) is 11.0. The summed E-state index contributed by atoms with van der Waals surface area (Å²) in [4.78, 5) is 26.5. The van der Waals surface area contributed by atoms with Crippen LogP contribution in [0.3, 0.4) is 0 Å². The number of hydrogen-bond acceptors (Lipinski definition) is 7. The Labute approximate surface area is 228 Å². The third-order valence-electron chi connectivity index (χ3n) is 7.31. The van der Waals surface area contributed by atoms with Gasteiger partial charge in [-0.2, -0.15) is 5.10 Å². The van der Waals surface area contributed by atoms with E-state index in [1.54, 1.807) is 6.20 Å². The Kier molecular flexibility index (Phi) is 7.58. The SMILES string of the molecule is C=C(/C=C\C(=C/C)n1nc(-c2cccnc2)c2c1-c1sc(NC(C)=O)nc1CC2)N1CCC(N(C)C)CC1.